The third kappa shape index (κ3) is 2.80. The molecule has 2 heterocycles. The van der Waals surface area contributed by atoms with Gasteiger partial charge in [-0.25, -0.2) is 8.42 Å². The Balaban J connectivity index is 1.84. The average Bonchev–Trinajstić information content (AvgIpc) is 2.81. The number of carbonyl (C=O) groups excluding carboxylic acids is 1. The fraction of sp³-hybridized carbons (Fsp3) is 0.909. The Labute approximate surface area is 102 Å². The Bertz CT molecular complexity index is 394. The molecule has 2 aliphatic heterocycles. The van der Waals surface area contributed by atoms with Gasteiger partial charge in [0.1, 0.15) is 0 Å². The van der Waals surface area contributed by atoms with Gasteiger partial charge >= 0.3 is 0 Å². The quantitative estimate of drug-likeness (QED) is 0.720. The molecule has 3 atom stereocenters. The third-order valence-corrected chi connectivity index (χ3v) is 6.10. The van der Waals surface area contributed by atoms with Gasteiger partial charge in [0.15, 0.2) is 9.84 Å². The molecule has 3 unspecified atom stereocenters. The first-order valence-electron chi connectivity index (χ1n) is 6.20. The van der Waals surface area contributed by atoms with Crippen molar-refractivity contribution in [2.75, 3.05) is 25.4 Å². The molecule has 0 aromatic rings. The van der Waals surface area contributed by atoms with Crippen molar-refractivity contribution < 1.29 is 13.2 Å². The number of rotatable bonds is 3. The summed E-state index contributed by atoms with van der Waals surface area (Å²) >= 11 is 0. The number of hydrogen-bond donors (Lipinski definition) is 2. The molecule has 2 fully saturated rings. The summed E-state index contributed by atoms with van der Waals surface area (Å²) in [5, 5.41) is 5.60. The van der Waals surface area contributed by atoms with Crippen LogP contribution in [0.4, 0.5) is 0 Å². The summed E-state index contributed by atoms with van der Waals surface area (Å²) in [5.41, 5.74) is 0. The molecular weight excluding hydrogens is 240 g/mol. The molecule has 98 valence electrons. The third-order valence-electron chi connectivity index (χ3n) is 3.82. The number of amides is 1. The molecule has 0 bridgehead atoms. The summed E-state index contributed by atoms with van der Waals surface area (Å²) < 4.78 is 23.2. The monoisotopic (exact) mass is 260 g/mol. The average molecular weight is 260 g/mol. The number of carbonyl (C=O) groups is 1. The summed E-state index contributed by atoms with van der Waals surface area (Å²) in [6, 6.07) is 0. The van der Waals surface area contributed by atoms with Crippen LogP contribution in [-0.2, 0) is 14.6 Å². The Hall–Kier alpha value is -0.620. The molecule has 2 aliphatic rings. The molecule has 0 aromatic carbocycles. The van der Waals surface area contributed by atoms with E-state index in [1.165, 1.54) is 0 Å². The van der Waals surface area contributed by atoms with Crippen LogP contribution in [-0.4, -0.2) is 45.0 Å². The van der Waals surface area contributed by atoms with Crippen LogP contribution in [0.15, 0.2) is 0 Å². The van der Waals surface area contributed by atoms with E-state index in [0.717, 1.165) is 13.0 Å². The normalized spacial score (nSPS) is 35.9. The molecule has 2 N–H and O–H groups in total. The van der Waals surface area contributed by atoms with Crippen molar-refractivity contribution in [2.24, 2.45) is 11.8 Å². The van der Waals surface area contributed by atoms with Gasteiger partial charge in [-0.05, 0) is 25.3 Å². The Morgan fingerprint density at radius 2 is 2.18 bits per heavy atom. The maximum atomic E-state index is 11.9. The predicted molar refractivity (Wildman–Crippen MR) is 65.3 cm³/mol. The van der Waals surface area contributed by atoms with E-state index in [4.69, 9.17) is 0 Å². The van der Waals surface area contributed by atoms with Gasteiger partial charge in [0.2, 0.25) is 5.91 Å². The van der Waals surface area contributed by atoms with Crippen LogP contribution in [0.1, 0.15) is 19.8 Å². The second-order valence-corrected chi connectivity index (χ2v) is 7.52. The van der Waals surface area contributed by atoms with Gasteiger partial charge in [-0.1, -0.05) is 6.92 Å². The van der Waals surface area contributed by atoms with Gasteiger partial charge in [-0.3, -0.25) is 4.79 Å². The SMILES string of the molecule is CC1CNCC1C(=O)NCC1CCCS1(=O)=O. The van der Waals surface area contributed by atoms with Gasteiger partial charge in [0.05, 0.1) is 16.9 Å². The second-order valence-electron chi connectivity index (χ2n) is 5.12. The molecule has 5 nitrogen and oxygen atoms in total. The van der Waals surface area contributed by atoms with Crippen molar-refractivity contribution in [3.63, 3.8) is 0 Å². The lowest BCUT2D eigenvalue weighted by molar-refractivity contribution is -0.125. The van der Waals surface area contributed by atoms with Gasteiger partial charge in [-0.15, -0.1) is 0 Å². The Morgan fingerprint density at radius 3 is 2.71 bits per heavy atom. The van der Waals surface area contributed by atoms with Gasteiger partial charge < -0.3 is 10.6 Å². The summed E-state index contributed by atoms with van der Waals surface area (Å²) in [6.45, 7) is 3.88. The van der Waals surface area contributed by atoms with E-state index in [-0.39, 0.29) is 29.4 Å². The predicted octanol–water partition coefficient (Wildman–Crippen LogP) is -0.465. The highest BCUT2D eigenvalue weighted by molar-refractivity contribution is 7.92. The second kappa shape index (κ2) is 4.94. The maximum Gasteiger partial charge on any atom is 0.224 e. The van der Waals surface area contributed by atoms with Crippen LogP contribution in [0, 0.1) is 11.8 Å². The molecule has 17 heavy (non-hydrogen) atoms. The fourth-order valence-electron chi connectivity index (χ4n) is 2.59. The molecule has 2 rings (SSSR count). The first-order chi connectivity index (χ1) is 8.00. The van der Waals surface area contributed by atoms with Gasteiger partial charge in [0.25, 0.3) is 0 Å². The molecule has 0 aliphatic carbocycles. The van der Waals surface area contributed by atoms with E-state index in [2.05, 4.69) is 10.6 Å². The van der Waals surface area contributed by atoms with Crippen molar-refractivity contribution in [2.45, 2.75) is 25.0 Å². The van der Waals surface area contributed by atoms with Crippen molar-refractivity contribution >= 4 is 15.7 Å². The topological polar surface area (TPSA) is 75.3 Å². The largest absolute Gasteiger partial charge is 0.355 e. The maximum absolute atomic E-state index is 11.9. The van der Waals surface area contributed by atoms with Gasteiger partial charge in [0, 0.05) is 13.1 Å². The molecule has 2 saturated heterocycles. The van der Waals surface area contributed by atoms with E-state index in [1.807, 2.05) is 6.92 Å². The van der Waals surface area contributed by atoms with Crippen LogP contribution in [0.2, 0.25) is 0 Å². The smallest absolute Gasteiger partial charge is 0.224 e. The van der Waals surface area contributed by atoms with E-state index < -0.39 is 9.84 Å². The summed E-state index contributed by atoms with van der Waals surface area (Å²) in [7, 11) is -2.95. The van der Waals surface area contributed by atoms with Crippen molar-refractivity contribution in [1.82, 2.24) is 10.6 Å². The highest BCUT2D eigenvalue weighted by atomic mass is 32.2. The standard InChI is InChI=1S/C11H20N2O3S/c1-8-5-12-7-10(8)11(14)13-6-9-3-2-4-17(9,15)16/h8-10,12H,2-7H2,1H3,(H,13,14). The van der Waals surface area contributed by atoms with Crippen molar-refractivity contribution in [3.05, 3.63) is 0 Å². The van der Waals surface area contributed by atoms with E-state index >= 15 is 0 Å². The number of sulfone groups is 1. The van der Waals surface area contributed by atoms with Crippen LogP contribution in [0.5, 0.6) is 0 Å². The number of hydrogen-bond acceptors (Lipinski definition) is 4. The highest BCUT2D eigenvalue weighted by Gasteiger charge is 2.33. The van der Waals surface area contributed by atoms with E-state index in [0.29, 0.717) is 18.9 Å². The minimum absolute atomic E-state index is 0.00963. The van der Waals surface area contributed by atoms with Crippen molar-refractivity contribution in [1.29, 1.82) is 0 Å². The summed E-state index contributed by atoms with van der Waals surface area (Å²) in [6.07, 6.45) is 1.41. The zero-order chi connectivity index (χ0) is 12.5. The van der Waals surface area contributed by atoms with Crippen LogP contribution < -0.4 is 10.6 Å². The van der Waals surface area contributed by atoms with E-state index in [1.54, 1.807) is 0 Å². The molecule has 0 saturated carbocycles. The van der Waals surface area contributed by atoms with Crippen LogP contribution in [0.25, 0.3) is 0 Å². The van der Waals surface area contributed by atoms with E-state index in [9.17, 15) is 13.2 Å². The van der Waals surface area contributed by atoms with Crippen LogP contribution >= 0.6 is 0 Å². The zero-order valence-corrected chi connectivity index (χ0v) is 10.9. The highest BCUT2D eigenvalue weighted by Crippen LogP contribution is 2.20. The van der Waals surface area contributed by atoms with Gasteiger partial charge in [-0.2, -0.15) is 0 Å². The van der Waals surface area contributed by atoms with Crippen LogP contribution in [0.3, 0.4) is 0 Å². The Kier molecular flexibility index (Phi) is 3.73. The first kappa shape index (κ1) is 12.8. The molecule has 0 radical (unpaired) electrons. The summed E-state index contributed by atoms with van der Waals surface area (Å²) in [4.78, 5) is 11.9. The minimum atomic E-state index is -2.95. The molecule has 1 amide bonds. The fourth-order valence-corrected chi connectivity index (χ4v) is 4.36. The molecular formula is C11H20N2O3S. The lowest BCUT2D eigenvalue weighted by atomic mass is 9.97. The molecule has 0 spiro atoms. The minimum Gasteiger partial charge on any atom is -0.355 e. The lowest BCUT2D eigenvalue weighted by Crippen LogP contribution is -2.40. The van der Waals surface area contributed by atoms with Crippen molar-refractivity contribution in [3.8, 4) is 0 Å². The molecule has 6 heteroatoms. The summed E-state index contributed by atoms with van der Waals surface area (Å²) in [5.74, 6) is 0.577. The lowest BCUT2D eigenvalue weighted by Gasteiger charge is -2.16. The first-order valence-corrected chi connectivity index (χ1v) is 7.92. The molecule has 0 aromatic heterocycles. The zero-order valence-electron chi connectivity index (χ0n) is 10.1. The number of nitrogens with one attached hydrogen (secondary N) is 2. The Morgan fingerprint density at radius 1 is 1.41 bits per heavy atom.